The molecular formula is C19H32N6O7. The molecule has 13 heteroatoms. The number of carboxylic acid groups (broad SMARTS) is 1. The molecule has 5 amide bonds. The van der Waals surface area contributed by atoms with E-state index < -0.39 is 60.8 Å². The van der Waals surface area contributed by atoms with E-state index in [0.717, 1.165) is 0 Å². The van der Waals surface area contributed by atoms with Crippen LogP contribution < -0.4 is 27.4 Å². The summed E-state index contributed by atoms with van der Waals surface area (Å²) in [6.07, 6.45) is 0.703. The summed E-state index contributed by atoms with van der Waals surface area (Å²) in [5.74, 6) is -4.46. The summed E-state index contributed by atoms with van der Waals surface area (Å²) < 4.78 is 0. The minimum atomic E-state index is -1.28. The summed E-state index contributed by atoms with van der Waals surface area (Å²) in [7, 11) is 0. The number of rotatable bonds is 12. The molecule has 0 radical (unpaired) electrons. The van der Waals surface area contributed by atoms with E-state index in [9.17, 15) is 28.8 Å². The molecule has 180 valence electrons. The van der Waals surface area contributed by atoms with E-state index in [4.69, 9.17) is 16.6 Å². The van der Waals surface area contributed by atoms with Gasteiger partial charge in [0.2, 0.25) is 29.5 Å². The number of carboxylic acids is 1. The van der Waals surface area contributed by atoms with Crippen molar-refractivity contribution >= 4 is 35.5 Å². The number of aliphatic carboxylic acids is 1. The van der Waals surface area contributed by atoms with Crippen molar-refractivity contribution in [3.8, 4) is 0 Å². The number of nitrogens with two attached hydrogens (primary N) is 2. The fourth-order valence-corrected chi connectivity index (χ4v) is 3.15. The lowest BCUT2D eigenvalue weighted by molar-refractivity contribution is -0.140. The molecule has 1 rings (SSSR count). The molecule has 0 unspecified atom stereocenters. The molecular weight excluding hydrogens is 424 g/mol. The SMILES string of the molecule is CC(C)[C@H](N)C(=O)N1CCC[C@H]1C(=O)NCC(=O)N[C@@H](CCC(N)=O)C(=O)NCC(=O)O. The zero-order chi connectivity index (χ0) is 24.4. The Kier molecular flexibility index (Phi) is 10.5. The van der Waals surface area contributed by atoms with Crippen LogP contribution in [0.25, 0.3) is 0 Å². The Labute approximate surface area is 185 Å². The molecule has 8 N–H and O–H groups in total. The highest BCUT2D eigenvalue weighted by Gasteiger charge is 2.37. The highest BCUT2D eigenvalue weighted by Crippen LogP contribution is 2.19. The van der Waals surface area contributed by atoms with E-state index in [1.165, 1.54) is 4.90 Å². The predicted octanol–water partition coefficient (Wildman–Crippen LogP) is -2.97. The van der Waals surface area contributed by atoms with Gasteiger partial charge in [0, 0.05) is 13.0 Å². The molecule has 0 aromatic heterocycles. The second-order valence-electron chi connectivity index (χ2n) is 7.91. The maximum absolute atomic E-state index is 12.5. The topological polar surface area (TPSA) is 214 Å². The summed E-state index contributed by atoms with van der Waals surface area (Å²) >= 11 is 0. The fraction of sp³-hybridized carbons (Fsp3) is 0.684. The number of nitrogens with one attached hydrogen (secondary N) is 3. The van der Waals surface area contributed by atoms with Crippen molar-refractivity contribution in [2.75, 3.05) is 19.6 Å². The molecule has 13 nitrogen and oxygen atoms in total. The van der Waals surface area contributed by atoms with Gasteiger partial charge in [-0.2, -0.15) is 0 Å². The minimum Gasteiger partial charge on any atom is -0.480 e. The molecule has 1 aliphatic heterocycles. The molecule has 32 heavy (non-hydrogen) atoms. The molecule has 1 fully saturated rings. The highest BCUT2D eigenvalue weighted by atomic mass is 16.4. The van der Waals surface area contributed by atoms with Gasteiger partial charge in [-0.15, -0.1) is 0 Å². The van der Waals surface area contributed by atoms with E-state index in [1.807, 2.05) is 0 Å². The van der Waals surface area contributed by atoms with E-state index in [0.29, 0.717) is 19.4 Å². The largest absolute Gasteiger partial charge is 0.480 e. The van der Waals surface area contributed by atoms with Gasteiger partial charge in [0.25, 0.3) is 0 Å². The van der Waals surface area contributed by atoms with Gasteiger partial charge in [0.1, 0.15) is 18.6 Å². The van der Waals surface area contributed by atoms with Gasteiger partial charge in [-0.05, 0) is 25.2 Å². The monoisotopic (exact) mass is 456 g/mol. The Hall–Kier alpha value is -3.22. The summed E-state index contributed by atoms with van der Waals surface area (Å²) in [6.45, 7) is 2.86. The first-order valence-electron chi connectivity index (χ1n) is 10.3. The van der Waals surface area contributed by atoms with Crippen LogP contribution in [0.2, 0.25) is 0 Å². The van der Waals surface area contributed by atoms with Gasteiger partial charge in [-0.3, -0.25) is 28.8 Å². The van der Waals surface area contributed by atoms with Gasteiger partial charge in [-0.25, -0.2) is 0 Å². The number of carbonyl (C=O) groups is 6. The van der Waals surface area contributed by atoms with Crippen LogP contribution in [0, 0.1) is 5.92 Å². The first kappa shape index (κ1) is 26.8. The molecule has 1 aliphatic rings. The first-order valence-corrected chi connectivity index (χ1v) is 10.3. The number of hydrogen-bond acceptors (Lipinski definition) is 7. The molecule has 1 heterocycles. The van der Waals surface area contributed by atoms with E-state index >= 15 is 0 Å². The number of primary amides is 1. The van der Waals surface area contributed by atoms with Crippen LogP contribution in [-0.4, -0.2) is 83.3 Å². The highest BCUT2D eigenvalue weighted by molar-refractivity contribution is 5.94. The lowest BCUT2D eigenvalue weighted by Crippen LogP contribution is -2.54. The third-order valence-corrected chi connectivity index (χ3v) is 5.01. The summed E-state index contributed by atoms with van der Waals surface area (Å²) in [5, 5.41) is 15.5. The maximum atomic E-state index is 12.5. The van der Waals surface area contributed by atoms with E-state index in [-0.39, 0.29) is 24.7 Å². The average Bonchev–Trinajstić information content (AvgIpc) is 3.21. The molecule has 0 aliphatic carbocycles. The van der Waals surface area contributed by atoms with Crippen LogP contribution in [0.1, 0.15) is 39.5 Å². The number of likely N-dealkylation sites (tertiary alicyclic amines) is 1. The second kappa shape index (κ2) is 12.6. The summed E-state index contributed by atoms with van der Waals surface area (Å²) in [6, 6.07) is -2.69. The minimum absolute atomic E-state index is 0.0952. The lowest BCUT2D eigenvalue weighted by Gasteiger charge is -2.28. The van der Waals surface area contributed by atoms with E-state index in [2.05, 4.69) is 16.0 Å². The smallest absolute Gasteiger partial charge is 0.322 e. The molecule has 0 aromatic rings. The Morgan fingerprint density at radius 1 is 1.09 bits per heavy atom. The first-order chi connectivity index (χ1) is 14.9. The average molecular weight is 457 g/mol. The molecule has 0 bridgehead atoms. The molecule has 0 saturated carbocycles. The summed E-state index contributed by atoms with van der Waals surface area (Å²) in [5.41, 5.74) is 11.0. The standard InChI is InChI=1S/C19H32N6O7/c1-10(2)16(21)19(32)25-7-3-4-12(25)18(31)22-8-14(27)24-11(5-6-13(20)26)17(30)23-9-15(28)29/h10-12,16H,3-9,21H2,1-2H3,(H2,20,26)(H,22,31)(H,23,30)(H,24,27)(H,28,29)/t11-,12-,16-/m0/s1. The normalized spacial score (nSPS) is 17.4. The van der Waals surface area contributed by atoms with Crippen molar-refractivity contribution in [2.45, 2.75) is 57.7 Å². The van der Waals surface area contributed by atoms with Crippen LogP contribution in [0.3, 0.4) is 0 Å². The van der Waals surface area contributed by atoms with Gasteiger partial charge in [0.05, 0.1) is 12.6 Å². The second-order valence-corrected chi connectivity index (χ2v) is 7.91. The molecule has 3 atom stereocenters. The fourth-order valence-electron chi connectivity index (χ4n) is 3.15. The Morgan fingerprint density at radius 3 is 2.31 bits per heavy atom. The number of carbonyl (C=O) groups excluding carboxylic acids is 5. The van der Waals surface area contributed by atoms with Gasteiger partial charge < -0.3 is 37.4 Å². The van der Waals surface area contributed by atoms with Crippen LogP contribution in [0.15, 0.2) is 0 Å². The molecule has 0 aromatic carbocycles. The Bertz CT molecular complexity index is 742. The van der Waals surface area contributed by atoms with Crippen LogP contribution in [-0.2, 0) is 28.8 Å². The summed E-state index contributed by atoms with van der Waals surface area (Å²) in [4.78, 5) is 72.4. The third kappa shape index (κ3) is 8.49. The van der Waals surface area contributed by atoms with E-state index in [1.54, 1.807) is 13.8 Å². The quantitative estimate of drug-likeness (QED) is 0.178. The van der Waals surface area contributed by atoms with Crippen molar-refractivity contribution in [1.82, 2.24) is 20.9 Å². The van der Waals surface area contributed by atoms with Crippen LogP contribution >= 0.6 is 0 Å². The maximum Gasteiger partial charge on any atom is 0.322 e. The Balaban J connectivity index is 2.65. The number of amides is 5. The zero-order valence-corrected chi connectivity index (χ0v) is 18.3. The third-order valence-electron chi connectivity index (χ3n) is 5.01. The van der Waals surface area contributed by atoms with Crippen molar-refractivity contribution in [3.63, 3.8) is 0 Å². The molecule has 0 spiro atoms. The van der Waals surface area contributed by atoms with Crippen molar-refractivity contribution in [3.05, 3.63) is 0 Å². The van der Waals surface area contributed by atoms with Crippen LogP contribution in [0.4, 0.5) is 0 Å². The van der Waals surface area contributed by atoms with Crippen LogP contribution in [0.5, 0.6) is 0 Å². The Morgan fingerprint density at radius 2 is 1.75 bits per heavy atom. The molecule has 1 saturated heterocycles. The lowest BCUT2D eigenvalue weighted by atomic mass is 10.0. The number of hydrogen-bond donors (Lipinski definition) is 6. The van der Waals surface area contributed by atoms with Gasteiger partial charge >= 0.3 is 5.97 Å². The van der Waals surface area contributed by atoms with Gasteiger partial charge in [0.15, 0.2) is 0 Å². The van der Waals surface area contributed by atoms with Crippen molar-refractivity contribution in [1.29, 1.82) is 0 Å². The predicted molar refractivity (Wildman–Crippen MR) is 112 cm³/mol. The van der Waals surface area contributed by atoms with Crippen molar-refractivity contribution in [2.24, 2.45) is 17.4 Å². The van der Waals surface area contributed by atoms with Gasteiger partial charge in [-0.1, -0.05) is 13.8 Å². The zero-order valence-electron chi connectivity index (χ0n) is 18.3. The number of nitrogens with zero attached hydrogens (tertiary/aromatic N) is 1. The van der Waals surface area contributed by atoms with Crippen molar-refractivity contribution < 1.29 is 33.9 Å².